The summed E-state index contributed by atoms with van der Waals surface area (Å²) in [4.78, 5) is 9.75. The standard InChI is InChI=1S/C12H18N4OS/c1-10-8-16(4-3-5-17-2)12(15-10)14-7-11-6-13-9-18-11/h6,8-9H,3-5,7H2,1-2H3,(H,14,15). The number of hydrogen-bond donors (Lipinski definition) is 1. The third-order valence-corrected chi connectivity index (χ3v) is 3.33. The minimum Gasteiger partial charge on any atom is -0.385 e. The Kier molecular flexibility index (Phi) is 4.72. The monoisotopic (exact) mass is 266 g/mol. The molecular formula is C12H18N4OS. The van der Waals surface area contributed by atoms with E-state index in [1.165, 1.54) is 4.88 Å². The molecule has 6 heteroatoms. The van der Waals surface area contributed by atoms with E-state index in [1.807, 2.05) is 18.6 Å². The number of hydrogen-bond acceptors (Lipinski definition) is 5. The summed E-state index contributed by atoms with van der Waals surface area (Å²) in [6.45, 7) is 4.46. The molecule has 2 heterocycles. The van der Waals surface area contributed by atoms with Gasteiger partial charge in [0, 0.05) is 37.5 Å². The molecule has 2 aromatic heterocycles. The molecule has 0 saturated carbocycles. The molecule has 0 atom stereocenters. The average Bonchev–Trinajstić information content (AvgIpc) is 2.97. The van der Waals surface area contributed by atoms with E-state index in [0.29, 0.717) is 0 Å². The number of imidazole rings is 1. The van der Waals surface area contributed by atoms with Gasteiger partial charge in [-0.1, -0.05) is 0 Å². The Labute approximate surface area is 111 Å². The van der Waals surface area contributed by atoms with Gasteiger partial charge in [0.2, 0.25) is 5.95 Å². The lowest BCUT2D eigenvalue weighted by molar-refractivity contribution is 0.190. The van der Waals surface area contributed by atoms with E-state index in [1.54, 1.807) is 18.4 Å². The van der Waals surface area contributed by atoms with Gasteiger partial charge in [-0.15, -0.1) is 11.3 Å². The van der Waals surface area contributed by atoms with Gasteiger partial charge in [0.15, 0.2) is 0 Å². The number of aryl methyl sites for hydroxylation is 2. The summed E-state index contributed by atoms with van der Waals surface area (Å²) >= 11 is 1.65. The molecule has 0 aliphatic rings. The molecule has 0 radical (unpaired) electrons. The molecule has 5 nitrogen and oxygen atoms in total. The number of methoxy groups -OCH3 is 1. The van der Waals surface area contributed by atoms with Gasteiger partial charge in [-0.05, 0) is 13.3 Å². The maximum Gasteiger partial charge on any atom is 0.203 e. The van der Waals surface area contributed by atoms with E-state index in [0.717, 1.165) is 37.8 Å². The first-order valence-electron chi connectivity index (χ1n) is 5.93. The summed E-state index contributed by atoms with van der Waals surface area (Å²) < 4.78 is 7.20. The molecule has 98 valence electrons. The van der Waals surface area contributed by atoms with E-state index in [-0.39, 0.29) is 0 Å². The van der Waals surface area contributed by atoms with Crippen molar-refractivity contribution in [3.8, 4) is 0 Å². The van der Waals surface area contributed by atoms with Gasteiger partial charge in [-0.25, -0.2) is 4.98 Å². The van der Waals surface area contributed by atoms with Crippen LogP contribution in [0.25, 0.3) is 0 Å². The van der Waals surface area contributed by atoms with Crippen LogP contribution in [-0.2, 0) is 17.8 Å². The van der Waals surface area contributed by atoms with Crippen molar-refractivity contribution in [2.24, 2.45) is 0 Å². The maximum atomic E-state index is 5.07. The molecule has 0 amide bonds. The summed E-state index contributed by atoms with van der Waals surface area (Å²) in [5.41, 5.74) is 2.87. The Hall–Kier alpha value is -1.40. The number of nitrogens with one attached hydrogen (secondary N) is 1. The van der Waals surface area contributed by atoms with Crippen molar-refractivity contribution in [3.63, 3.8) is 0 Å². The lowest BCUT2D eigenvalue weighted by Gasteiger charge is -2.08. The third kappa shape index (κ3) is 3.54. The first kappa shape index (κ1) is 13.0. The highest BCUT2D eigenvalue weighted by Gasteiger charge is 2.05. The number of nitrogens with zero attached hydrogens (tertiary/aromatic N) is 3. The Balaban J connectivity index is 1.93. The number of aromatic nitrogens is 3. The topological polar surface area (TPSA) is 52.0 Å². The summed E-state index contributed by atoms with van der Waals surface area (Å²) in [6, 6.07) is 0. The lowest BCUT2D eigenvalue weighted by atomic mass is 10.4. The van der Waals surface area contributed by atoms with Crippen LogP contribution in [0.5, 0.6) is 0 Å². The predicted octanol–water partition coefficient (Wildman–Crippen LogP) is 2.30. The molecule has 0 unspecified atom stereocenters. The van der Waals surface area contributed by atoms with Crippen LogP contribution < -0.4 is 5.32 Å². The van der Waals surface area contributed by atoms with Crippen molar-refractivity contribution in [1.29, 1.82) is 0 Å². The number of rotatable bonds is 7. The van der Waals surface area contributed by atoms with Gasteiger partial charge in [0.25, 0.3) is 0 Å². The minimum atomic E-state index is 0.769. The fourth-order valence-electron chi connectivity index (χ4n) is 1.73. The molecular weight excluding hydrogens is 248 g/mol. The molecule has 18 heavy (non-hydrogen) atoms. The Morgan fingerprint density at radius 3 is 3.11 bits per heavy atom. The second kappa shape index (κ2) is 6.51. The molecule has 2 aromatic rings. The summed E-state index contributed by atoms with van der Waals surface area (Å²) in [5, 5.41) is 3.34. The molecule has 0 aromatic carbocycles. The van der Waals surface area contributed by atoms with Crippen LogP contribution in [0.4, 0.5) is 5.95 Å². The zero-order valence-electron chi connectivity index (χ0n) is 10.7. The van der Waals surface area contributed by atoms with Crippen molar-refractivity contribution in [2.45, 2.75) is 26.4 Å². The van der Waals surface area contributed by atoms with E-state index in [4.69, 9.17) is 4.74 Å². The maximum absolute atomic E-state index is 5.07. The number of thiazole rings is 1. The largest absolute Gasteiger partial charge is 0.385 e. The van der Waals surface area contributed by atoms with Crippen LogP contribution in [0.1, 0.15) is 17.0 Å². The summed E-state index contributed by atoms with van der Waals surface area (Å²) in [6.07, 6.45) is 4.93. The molecule has 2 rings (SSSR count). The van der Waals surface area contributed by atoms with Gasteiger partial charge in [0.05, 0.1) is 17.7 Å². The summed E-state index contributed by atoms with van der Waals surface area (Å²) in [5.74, 6) is 0.914. The van der Waals surface area contributed by atoms with Crippen LogP contribution in [0.3, 0.4) is 0 Å². The third-order valence-electron chi connectivity index (χ3n) is 2.55. The van der Waals surface area contributed by atoms with Crippen LogP contribution >= 0.6 is 11.3 Å². The van der Waals surface area contributed by atoms with Crippen molar-refractivity contribution in [2.75, 3.05) is 19.0 Å². The highest BCUT2D eigenvalue weighted by Crippen LogP contribution is 2.12. The first-order valence-corrected chi connectivity index (χ1v) is 6.81. The minimum absolute atomic E-state index is 0.769. The molecule has 0 spiro atoms. The van der Waals surface area contributed by atoms with Crippen LogP contribution in [0.2, 0.25) is 0 Å². The van der Waals surface area contributed by atoms with Crippen LogP contribution in [0.15, 0.2) is 17.9 Å². The van der Waals surface area contributed by atoms with E-state index < -0.39 is 0 Å². The van der Waals surface area contributed by atoms with Crippen LogP contribution in [0, 0.1) is 6.92 Å². The zero-order chi connectivity index (χ0) is 12.8. The fraction of sp³-hybridized carbons (Fsp3) is 0.500. The van der Waals surface area contributed by atoms with Gasteiger partial charge in [-0.3, -0.25) is 4.98 Å². The number of ether oxygens (including phenoxy) is 1. The second-order valence-electron chi connectivity index (χ2n) is 4.07. The second-order valence-corrected chi connectivity index (χ2v) is 5.04. The molecule has 0 aliphatic heterocycles. The number of anilines is 1. The quantitative estimate of drug-likeness (QED) is 0.781. The Morgan fingerprint density at radius 2 is 2.39 bits per heavy atom. The zero-order valence-corrected chi connectivity index (χ0v) is 11.5. The summed E-state index contributed by atoms with van der Waals surface area (Å²) in [7, 11) is 1.72. The van der Waals surface area contributed by atoms with Crippen molar-refractivity contribution < 1.29 is 4.74 Å². The van der Waals surface area contributed by atoms with E-state index >= 15 is 0 Å². The highest BCUT2D eigenvalue weighted by molar-refractivity contribution is 7.09. The normalized spacial score (nSPS) is 10.8. The fourth-order valence-corrected chi connectivity index (χ4v) is 2.27. The first-order chi connectivity index (χ1) is 8.79. The van der Waals surface area contributed by atoms with Gasteiger partial charge >= 0.3 is 0 Å². The molecule has 1 N–H and O–H groups in total. The molecule has 0 saturated heterocycles. The van der Waals surface area contributed by atoms with Gasteiger partial charge < -0.3 is 14.6 Å². The van der Waals surface area contributed by atoms with Crippen molar-refractivity contribution in [3.05, 3.63) is 28.5 Å². The predicted molar refractivity (Wildman–Crippen MR) is 72.9 cm³/mol. The van der Waals surface area contributed by atoms with Gasteiger partial charge in [-0.2, -0.15) is 0 Å². The average molecular weight is 266 g/mol. The molecule has 0 fully saturated rings. The van der Waals surface area contributed by atoms with Crippen LogP contribution in [-0.4, -0.2) is 28.3 Å². The molecule has 0 aliphatic carbocycles. The van der Waals surface area contributed by atoms with E-state index in [9.17, 15) is 0 Å². The Bertz CT molecular complexity index is 466. The smallest absolute Gasteiger partial charge is 0.203 e. The van der Waals surface area contributed by atoms with Crippen molar-refractivity contribution in [1.82, 2.24) is 14.5 Å². The van der Waals surface area contributed by atoms with E-state index in [2.05, 4.69) is 26.0 Å². The molecule has 0 bridgehead atoms. The highest BCUT2D eigenvalue weighted by atomic mass is 32.1. The Morgan fingerprint density at radius 1 is 1.50 bits per heavy atom. The lowest BCUT2D eigenvalue weighted by Crippen LogP contribution is -2.08. The van der Waals surface area contributed by atoms with Crippen molar-refractivity contribution >= 4 is 17.3 Å². The SMILES string of the molecule is COCCCn1cc(C)nc1NCc1cncs1. The van der Waals surface area contributed by atoms with Gasteiger partial charge in [0.1, 0.15) is 0 Å².